The summed E-state index contributed by atoms with van der Waals surface area (Å²) in [6.45, 7) is 2.41. The fourth-order valence-electron chi connectivity index (χ4n) is 1.48. The molecule has 7 heteroatoms. The number of carbonyl (C=O) groups excluding carboxylic acids is 1. The summed E-state index contributed by atoms with van der Waals surface area (Å²) >= 11 is 0. The number of nitrogens with zero attached hydrogens (tertiary/aromatic N) is 2. The molecule has 0 bridgehead atoms. The Labute approximate surface area is 109 Å². The number of hydrogen-bond donors (Lipinski definition) is 2. The van der Waals surface area contributed by atoms with Crippen LogP contribution >= 0.6 is 0 Å². The molecule has 0 radical (unpaired) electrons. The van der Waals surface area contributed by atoms with Crippen LogP contribution in [0.15, 0.2) is 12.3 Å². The van der Waals surface area contributed by atoms with Crippen molar-refractivity contribution in [1.82, 2.24) is 15.1 Å². The topological polar surface area (TPSA) is 84.2 Å². The maximum absolute atomic E-state index is 12.8. The van der Waals surface area contributed by atoms with Crippen LogP contribution in [0, 0.1) is 5.41 Å². The molecular formula is C12H16FN3O3. The average Bonchev–Trinajstić information content (AvgIpc) is 2.78. The van der Waals surface area contributed by atoms with Crippen molar-refractivity contribution in [2.75, 3.05) is 7.05 Å². The summed E-state index contributed by atoms with van der Waals surface area (Å²) in [6.07, 6.45) is 3.99. The summed E-state index contributed by atoms with van der Waals surface area (Å²) in [5.74, 6) is -1.45. The van der Waals surface area contributed by atoms with Crippen LogP contribution in [0.4, 0.5) is 4.39 Å². The fraction of sp³-hybridized carbons (Fsp3) is 0.417. The molecule has 104 valence electrons. The lowest BCUT2D eigenvalue weighted by molar-refractivity contribution is -0.126. The van der Waals surface area contributed by atoms with Crippen LogP contribution in [0.5, 0.6) is 0 Å². The van der Waals surface area contributed by atoms with Crippen molar-refractivity contribution in [3.8, 4) is 0 Å². The van der Waals surface area contributed by atoms with Gasteiger partial charge in [-0.05, 0) is 13.8 Å². The minimum atomic E-state index is -1.24. The van der Waals surface area contributed by atoms with E-state index in [4.69, 9.17) is 5.11 Å². The highest BCUT2D eigenvalue weighted by atomic mass is 19.1. The third kappa shape index (κ3) is 3.18. The van der Waals surface area contributed by atoms with Gasteiger partial charge >= 0.3 is 5.97 Å². The van der Waals surface area contributed by atoms with Crippen LogP contribution in [-0.2, 0) is 11.5 Å². The Hall–Kier alpha value is -2.18. The quantitative estimate of drug-likeness (QED) is 0.843. The molecule has 1 amide bonds. The van der Waals surface area contributed by atoms with E-state index in [0.717, 1.165) is 10.9 Å². The molecule has 1 aromatic rings. The van der Waals surface area contributed by atoms with Crippen molar-refractivity contribution in [3.05, 3.63) is 23.5 Å². The largest absolute Gasteiger partial charge is 0.478 e. The van der Waals surface area contributed by atoms with Gasteiger partial charge < -0.3 is 10.4 Å². The third-order valence-electron chi connectivity index (χ3n) is 2.70. The number of nitrogens with one attached hydrogen (secondary N) is 1. The summed E-state index contributed by atoms with van der Waals surface area (Å²) in [7, 11) is 1.52. The molecule has 0 aromatic carbocycles. The number of hydrogen-bond acceptors (Lipinski definition) is 3. The number of amides is 1. The Balaban J connectivity index is 3.06. The smallest absolute Gasteiger partial charge is 0.339 e. The first-order valence-corrected chi connectivity index (χ1v) is 5.60. The summed E-state index contributed by atoms with van der Waals surface area (Å²) in [5, 5.41) is 15.1. The molecule has 19 heavy (non-hydrogen) atoms. The number of halogens is 1. The number of aromatic nitrogens is 2. The molecule has 0 atom stereocenters. The lowest BCUT2D eigenvalue weighted by Crippen LogP contribution is -2.32. The number of carbonyl (C=O) groups is 2. The lowest BCUT2D eigenvalue weighted by atomic mass is 9.92. The van der Waals surface area contributed by atoms with E-state index >= 15 is 0 Å². The van der Waals surface area contributed by atoms with E-state index in [0.29, 0.717) is 0 Å². The van der Waals surface area contributed by atoms with Crippen LogP contribution in [-0.4, -0.2) is 33.8 Å². The van der Waals surface area contributed by atoms with Crippen LogP contribution in [0.3, 0.4) is 0 Å². The van der Waals surface area contributed by atoms with Crippen LogP contribution in [0.25, 0.3) is 6.20 Å². The Morgan fingerprint density at radius 1 is 1.58 bits per heavy atom. The molecule has 0 saturated carbocycles. The molecule has 0 aliphatic rings. The second-order valence-electron chi connectivity index (χ2n) is 4.50. The van der Waals surface area contributed by atoms with Gasteiger partial charge in [-0.1, -0.05) is 6.08 Å². The highest BCUT2D eigenvalue weighted by molar-refractivity contribution is 5.89. The molecule has 0 unspecified atom stereocenters. The van der Waals surface area contributed by atoms with Gasteiger partial charge in [0.2, 0.25) is 5.91 Å². The highest BCUT2D eigenvalue weighted by Gasteiger charge is 2.23. The number of aromatic carboxylic acids is 1. The standard InChI is InChI=1S/C12H16FN3O3/c1-12(2,11(19)14-3)4-5-16-9(6-13)8(7-15-16)10(17)18/h4-5,7H,6H2,1-3H3,(H,14,19)(H,17,18)/b5-4+. The molecule has 0 aliphatic carbocycles. The Bertz CT molecular complexity index is 520. The third-order valence-corrected chi connectivity index (χ3v) is 2.70. The first-order valence-electron chi connectivity index (χ1n) is 5.60. The number of carboxylic acids is 1. The SMILES string of the molecule is CNC(=O)C(C)(C)/C=C/n1ncc(C(=O)O)c1CF. The minimum Gasteiger partial charge on any atom is -0.478 e. The van der Waals surface area contributed by atoms with E-state index < -0.39 is 18.1 Å². The second-order valence-corrected chi connectivity index (χ2v) is 4.50. The summed E-state index contributed by atoms with van der Waals surface area (Å²) in [6, 6.07) is 0. The van der Waals surface area contributed by atoms with E-state index in [1.54, 1.807) is 13.8 Å². The molecule has 0 aliphatic heterocycles. The monoisotopic (exact) mass is 269 g/mol. The zero-order valence-electron chi connectivity index (χ0n) is 11.0. The molecule has 1 heterocycles. The van der Waals surface area contributed by atoms with Crippen molar-refractivity contribution in [2.24, 2.45) is 5.41 Å². The van der Waals surface area contributed by atoms with E-state index in [2.05, 4.69) is 10.4 Å². The zero-order chi connectivity index (χ0) is 14.6. The average molecular weight is 269 g/mol. The van der Waals surface area contributed by atoms with Gasteiger partial charge in [0.1, 0.15) is 12.2 Å². The first-order chi connectivity index (χ1) is 8.83. The van der Waals surface area contributed by atoms with E-state index in [9.17, 15) is 14.0 Å². The second kappa shape index (κ2) is 5.64. The fourth-order valence-corrected chi connectivity index (χ4v) is 1.48. The van der Waals surface area contributed by atoms with Gasteiger partial charge in [-0.3, -0.25) is 4.79 Å². The first kappa shape index (κ1) is 14.9. The van der Waals surface area contributed by atoms with Gasteiger partial charge in [0.05, 0.1) is 17.3 Å². The van der Waals surface area contributed by atoms with Gasteiger partial charge in [0.15, 0.2) is 0 Å². The minimum absolute atomic E-state index is 0.0588. The molecule has 0 fully saturated rings. The molecule has 0 spiro atoms. The maximum Gasteiger partial charge on any atom is 0.339 e. The van der Waals surface area contributed by atoms with Gasteiger partial charge in [-0.2, -0.15) is 5.10 Å². The van der Waals surface area contributed by atoms with E-state index in [1.807, 2.05) is 0 Å². The predicted molar refractivity (Wildman–Crippen MR) is 67.2 cm³/mol. The van der Waals surface area contributed by atoms with E-state index in [1.165, 1.54) is 19.3 Å². The molecule has 2 N–H and O–H groups in total. The van der Waals surface area contributed by atoms with Crippen molar-refractivity contribution in [1.29, 1.82) is 0 Å². The van der Waals surface area contributed by atoms with Crippen molar-refractivity contribution >= 4 is 18.1 Å². The van der Waals surface area contributed by atoms with Crippen molar-refractivity contribution < 1.29 is 19.1 Å². The van der Waals surface area contributed by atoms with Crippen molar-refractivity contribution in [3.63, 3.8) is 0 Å². The van der Waals surface area contributed by atoms with Gasteiger partial charge in [-0.25, -0.2) is 13.9 Å². The maximum atomic E-state index is 12.8. The Kier molecular flexibility index (Phi) is 4.42. The molecular weight excluding hydrogens is 253 g/mol. The predicted octanol–water partition coefficient (Wildman–Crippen LogP) is 1.29. The van der Waals surface area contributed by atoms with Gasteiger partial charge in [-0.15, -0.1) is 0 Å². The molecule has 0 saturated heterocycles. The highest BCUT2D eigenvalue weighted by Crippen LogP contribution is 2.18. The normalized spacial score (nSPS) is 11.8. The van der Waals surface area contributed by atoms with E-state index in [-0.39, 0.29) is 17.2 Å². The summed E-state index contributed by atoms with van der Waals surface area (Å²) in [4.78, 5) is 22.4. The molecule has 1 aromatic heterocycles. The van der Waals surface area contributed by atoms with Crippen molar-refractivity contribution in [2.45, 2.75) is 20.5 Å². The molecule has 1 rings (SSSR count). The number of rotatable bonds is 5. The van der Waals surface area contributed by atoms with Gasteiger partial charge in [0.25, 0.3) is 0 Å². The number of alkyl halides is 1. The Morgan fingerprint density at radius 3 is 2.68 bits per heavy atom. The summed E-state index contributed by atoms with van der Waals surface area (Å²) in [5.41, 5.74) is -1.06. The van der Waals surface area contributed by atoms with Gasteiger partial charge in [0, 0.05) is 13.2 Å². The summed E-state index contributed by atoms with van der Waals surface area (Å²) < 4.78 is 14.0. The van der Waals surface area contributed by atoms with Crippen LogP contribution in [0.2, 0.25) is 0 Å². The lowest BCUT2D eigenvalue weighted by Gasteiger charge is -2.17. The molecule has 6 nitrogen and oxygen atoms in total. The Morgan fingerprint density at radius 2 is 2.21 bits per heavy atom. The van der Waals surface area contributed by atoms with Crippen LogP contribution in [0.1, 0.15) is 29.9 Å². The zero-order valence-corrected chi connectivity index (χ0v) is 11.0. The van der Waals surface area contributed by atoms with Crippen LogP contribution < -0.4 is 5.32 Å². The number of carboxylic acid groups (broad SMARTS) is 1.